The fraction of sp³-hybridized carbons (Fsp3) is 0. The molecule has 0 saturated heterocycles. The van der Waals surface area contributed by atoms with Gasteiger partial charge in [-0.05, 0) is 0 Å². The molecule has 3 nitrogen and oxygen atoms in total. The van der Waals surface area contributed by atoms with Gasteiger partial charge in [-0.3, -0.25) is 6.79 Å². The summed E-state index contributed by atoms with van der Waals surface area (Å²) in [6.07, 6.45) is 0. The minimum Gasteiger partial charge on any atom is -0.545 e. The molecule has 0 spiro atoms. The Morgan fingerprint density at radius 3 is 1.00 bits per heavy atom. The van der Waals surface area contributed by atoms with Gasteiger partial charge in [-0.2, -0.15) is 0 Å². The molecule has 0 aromatic carbocycles. The molecule has 0 aromatic heterocycles. The van der Waals surface area contributed by atoms with Crippen LogP contribution in [0.25, 0.3) is 0 Å². The van der Waals surface area contributed by atoms with Gasteiger partial charge in [0.25, 0.3) is 0 Å². The molecule has 0 atom stereocenters. The van der Waals surface area contributed by atoms with Gasteiger partial charge in [0.05, 0.1) is 0 Å². The average Bonchev–Trinajstić information content (AvgIpc) is 1.00. The fourth-order valence-electron chi connectivity index (χ4n) is 0. The van der Waals surface area contributed by atoms with Gasteiger partial charge in [0.1, 0.15) is 0 Å². The van der Waals surface area contributed by atoms with Gasteiger partial charge < -0.3 is 15.7 Å². The van der Waals surface area contributed by atoms with Crippen molar-refractivity contribution in [2.24, 2.45) is 0 Å². The Bertz CT molecular complexity index is 6.85. The van der Waals surface area contributed by atoms with E-state index in [1.807, 2.05) is 0 Å². The van der Waals surface area contributed by atoms with Gasteiger partial charge in [-0.1, -0.05) is 0 Å². The van der Waals surface area contributed by atoms with Crippen molar-refractivity contribution in [2.75, 3.05) is 0 Å². The van der Waals surface area contributed by atoms with E-state index in [0.29, 0.717) is 0 Å². The molecule has 5 heavy (non-hydrogen) atoms. The van der Waals surface area contributed by atoms with E-state index in [-0.39, 0.29) is 37.2 Å². The van der Waals surface area contributed by atoms with Gasteiger partial charge in [-0.15, -0.1) is 0 Å². The molecule has 0 fully saturated rings. The first-order chi connectivity index (χ1) is 1.00. The number of hydrogen-bond donors (Lipinski definition) is 0. The van der Waals surface area contributed by atoms with Crippen LogP contribution in [0.15, 0.2) is 0 Å². The van der Waals surface area contributed by atoms with Crippen molar-refractivity contribution in [1.29, 1.82) is 0 Å². The van der Waals surface area contributed by atoms with E-state index in [0.717, 1.165) is 0 Å². The van der Waals surface area contributed by atoms with E-state index in [2.05, 4.69) is 6.79 Å². The van der Waals surface area contributed by atoms with Crippen LogP contribution >= 0.6 is 0 Å². The Morgan fingerprint density at radius 2 is 1.00 bits per heavy atom. The summed E-state index contributed by atoms with van der Waals surface area (Å²) in [5, 5.41) is 0. The molecule has 0 radical (unpaired) electrons. The SMILES string of the molecule is O.O.[CH-]=O.[Zr]. The Balaban J connectivity index is -0.00000000167. The van der Waals surface area contributed by atoms with Crippen molar-refractivity contribution < 1.29 is 42.0 Å². The predicted octanol–water partition coefficient (Wildman–Crippen LogP) is -1.93. The van der Waals surface area contributed by atoms with Crippen LogP contribution in [-0.2, 0) is 31.0 Å². The van der Waals surface area contributed by atoms with Gasteiger partial charge >= 0.3 is 0 Å². The Kier molecular flexibility index (Phi) is 2430. The van der Waals surface area contributed by atoms with Crippen LogP contribution in [0.5, 0.6) is 0 Å². The first-order valence-electron chi connectivity index (χ1n) is 0.236. The molecule has 0 saturated carbocycles. The maximum atomic E-state index is 7.75. The molecule has 0 aliphatic carbocycles. The van der Waals surface area contributed by atoms with E-state index in [9.17, 15) is 0 Å². The maximum Gasteiger partial charge on any atom is 0 e. The van der Waals surface area contributed by atoms with Gasteiger partial charge in [-0.25, -0.2) is 0 Å². The van der Waals surface area contributed by atoms with Crippen molar-refractivity contribution in [3.63, 3.8) is 0 Å². The van der Waals surface area contributed by atoms with Crippen molar-refractivity contribution >= 4 is 6.79 Å². The van der Waals surface area contributed by atoms with Crippen molar-refractivity contribution in [3.05, 3.63) is 0 Å². The van der Waals surface area contributed by atoms with E-state index in [1.165, 1.54) is 0 Å². The van der Waals surface area contributed by atoms with E-state index >= 15 is 0 Å². The van der Waals surface area contributed by atoms with E-state index in [4.69, 9.17) is 4.79 Å². The zero-order valence-electron chi connectivity index (χ0n) is 2.49. The summed E-state index contributed by atoms with van der Waals surface area (Å²) in [6.45, 7) is 3.25. The third kappa shape index (κ3) is 122. The number of rotatable bonds is 0. The van der Waals surface area contributed by atoms with Crippen LogP contribution in [0.1, 0.15) is 0 Å². The largest absolute Gasteiger partial charge is 0.545 e. The standard InChI is InChI=1S/CHO.2H2O.Zr/c1-2;;;/h1H;2*1H2;/q-1;;;. The van der Waals surface area contributed by atoms with Crippen LogP contribution in [-0.4, -0.2) is 17.7 Å². The number of carbonyl (C=O) groups excluding carboxylic acids is 1. The summed E-state index contributed by atoms with van der Waals surface area (Å²) in [7, 11) is 0. The molecule has 0 aromatic rings. The summed E-state index contributed by atoms with van der Waals surface area (Å²) in [4.78, 5) is 7.75. The summed E-state index contributed by atoms with van der Waals surface area (Å²) < 4.78 is 0. The molecular formula is CH5O3Zr-. The van der Waals surface area contributed by atoms with Crippen LogP contribution in [0.3, 0.4) is 0 Å². The van der Waals surface area contributed by atoms with Crippen molar-refractivity contribution in [2.45, 2.75) is 0 Å². The van der Waals surface area contributed by atoms with Gasteiger partial charge in [0.15, 0.2) is 0 Å². The Morgan fingerprint density at radius 1 is 1.00 bits per heavy atom. The molecule has 0 aliphatic rings. The fourth-order valence-corrected chi connectivity index (χ4v) is 0. The predicted molar refractivity (Wildman–Crippen MR) is 14.0 cm³/mol. The zero-order valence-corrected chi connectivity index (χ0v) is 4.94. The first-order valence-corrected chi connectivity index (χ1v) is 0.236. The van der Waals surface area contributed by atoms with Crippen molar-refractivity contribution in [3.8, 4) is 0 Å². The smallest absolute Gasteiger partial charge is 0 e. The van der Waals surface area contributed by atoms with Crippen LogP contribution in [0.4, 0.5) is 0 Å². The second kappa shape index (κ2) is 241. The minimum atomic E-state index is 0. The van der Waals surface area contributed by atoms with E-state index in [1.54, 1.807) is 0 Å². The third-order valence-corrected chi connectivity index (χ3v) is 0. The molecule has 4 heteroatoms. The molecule has 0 rings (SSSR count). The topological polar surface area (TPSA) is 80.1 Å². The number of hydrogen-bond acceptors (Lipinski definition) is 1. The van der Waals surface area contributed by atoms with E-state index < -0.39 is 0 Å². The molecule has 32 valence electrons. The molecule has 0 aliphatic heterocycles. The van der Waals surface area contributed by atoms with Crippen molar-refractivity contribution in [1.82, 2.24) is 0 Å². The monoisotopic (exact) mass is 155 g/mol. The van der Waals surface area contributed by atoms with Gasteiger partial charge in [0, 0.05) is 26.2 Å². The van der Waals surface area contributed by atoms with Crippen LogP contribution < -0.4 is 0 Å². The summed E-state index contributed by atoms with van der Waals surface area (Å²) in [6, 6.07) is 0. The maximum absolute atomic E-state index is 7.75. The Labute approximate surface area is 49.1 Å². The zero-order chi connectivity index (χ0) is 2.00. The second-order valence-corrected chi connectivity index (χ2v) is 0. The average molecular weight is 156 g/mol. The van der Waals surface area contributed by atoms with Crippen LogP contribution in [0.2, 0.25) is 0 Å². The quantitative estimate of drug-likeness (QED) is 0.297. The van der Waals surface area contributed by atoms with Gasteiger partial charge in [0.2, 0.25) is 0 Å². The second-order valence-electron chi connectivity index (χ2n) is 0. The molecule has 4 N–H and O–H groups in total. The first kappa shape index (κ1) is 50.5. The third-order valence-electron chi connectivity index (χ3n) is 0. The minimum absolute atomic E-state index is 0. The normalized spacial score (nSPS) is 0.800. The summed E-state index contributed by atoms with van der Waals surface area (Å²) in [5.74, 6) is 0. The molecule has 0 unspecified atom stereocenters. The van der Waals surface area contributed by atoms with Crippen LogP contribution in [0, 0.1) is 0 Å². The summed E-state index contributed by atoms with van der Waals surface area (Å²) in [5.41, 5.74) is 0. The molecule has 0 heterocycles. The summed E-state index contributed by atoms with van der Waals surface area (Å²) >= 11 is 0. The molecular weight excluding hydrogens is 151 g/mol. The molecule has 0 amide bonds. The molecule has 0 bridgehead atoms. The Hall–Kier alpha value is 0.473.